The van der Waals surface area contributed by atoms with Crippen LogP contribution in [0.4, 0.5) is 0 Å². The summed E-state index contributed by atoms with van der Waals surface area (Å²) in [6, 6.07) is 5.83. The van der Waals surface area contributed by atoms with Crippen molar-refractivity contribution < 1.29 is 19.2 Å². The zero-order chi connectivity index (χ0) is 14.0. The molecule has 0 spiro atoms. The summed E-state index contributed by atoms with van der Waals surface area (Å²) in [6.45, 7) is 0. The molecule has 0 unspecified atom stereocenters. The minimum atomic E-state index is -0.745. The van der Waals surface area contributed by atoms with Crippen LogP contribution in [0.25, 0.3) is 0 Å². The smallest absolute Gasteiger partial charge is 0.262 e. The van der Waals surface area contributed by atoms with Crippen LogP contribution in [0, 0.1) is 11.8 Å². The Balaban J connectivity index is 1.75. The van der Waals surface area contributed by atoms with Crippen LogP contribution in [0.5, 0.6) is 0 Å². The molecule has 2 amide bonds. The predicted octanol–water partition coefficient (Wildman–Crippen LogP) is 0.829. The number of benzene rings is 1. The van der Waals surface area contributed by atoms with Crippen LogP contribution in [0.15, 0.2) is 24.3 Å². The SMILES string of the molecule is O=C1CC(=O)[C@H](N2C(=O)c3ccccc3C2=O)[C@H]2C[C@@H]12. The molecule has 0 bridgehead atoms. The maximum absolute atomic E-state index is 12.4. The van der Waals surface area contributed by atoms with Crippen molar-refractivity contribution in [3.8, 4) is 0 Å². The molecule has 5 heteroatoms. The zero-order valence-corrected chi connectivity index (χ0v) is 10.5. The van der Waals surface area contributed by atoms with E-state index in [9.17, 15) is 19.2 Å². The number of rotatable bonds is 1. The standard InChI is InChI=1S/C15H11NO4/c17-11-6-12(18)13(10-5-9(10)11)16-14(19)7-3-1-2-4-8(7)15(16)20/h1-4,9-10,13H,5-6H2/t9-,10+,13-/m1/s1. The average molecular weight is 269 g/mol. The van der Waals surface area contributed by atoms with Crippen LogP contribution in [-0.2, 0) is 9.59 Å². The van der Waals surface area contributed by atoms with Gasteiger partial charge in [-0.1, -0.05) is 12.1 Å². The fraction of sp³-hybridized carbons (Fsp3) is 0.333. The number of hydrogen-bond acceptors (Lipinski definition) is 4. The Morgan fingerprint density at radius 1 is 0.900 bits per heavy atom. The Labute approximate surface area is 114 Å². The number of fused-ring (bicyclic) bond motifs is 2. The Morgan fingerprint density at radius 2 is 1.50 bits per heavy atom. The molecule has 1 heterocycles. The van der Waals surface area contributed by atoms with Gasteiger partial charge in [0, 0.05) is 5.92 Å². The summed E-state index contributed by atoms with van der Waals surface area (Å²) in [5.41, 5.74) is 0.693. The third kappa shape index (κ3) is 1.32. The minimum absolute atomic E-state index is 0.0483. The Hall–Kier alpha value is -2.30. The van der Waals surface area contributed by atoms with Gasteiger partial charge in [0.05, 0.1) is 17.5 Å². The molecule has 5 nitrogen and oxygen atoms in total. The molecular weight excluding hydrogens is 258 g/mol. The van der Waals surface area contributed by atoms with Crippen molar-refractivity contribution >= 4 is 23.4 Å². The molecule has 0 aromatic heterocycles. The van der Waals surface area contributed by atoms with Gasteiger partial charge in [-0.05, 0) is 24.5 Å². The topological polar surface area (TPSA) is 71.5 Å². The van der Waals surface area contributed by atoms with Gasteiger partial charge in [-0.15, -0.1) is 0 Å². The molecule has 20 heavy (non-hydrogen) atoms. The monoisotopic (exact) mass is 269 g/mol. The van der Waals surface area contributed by atoms with Gasteiger partial charge in [0.1, 0.15) is 11.8 Å². The summed E-state index contributed by atoms with van der Waals surface area (Å²) in [4.78, 5) is 49.5. The highest BCUT2D eigenvalue weighted by Gasteiger charge is 2.59. The molecule has 3 aliphatic rings. The normalized spacial score (nSPS) is 31.4. The van der Waals surface area contributed by atoms with Crippen LogP contribution in [0.1, 0.15) is 33.6 Å². The van der Waals surface area contributed by atoms with E-state index in [1.807, 2.05) is 0 Å². The van der Waals surface area contributed by atoms with Gasteiger partial charge in [0.25, 0.3) is 11.8 Å². The van der Waals surface area contributed by atoms with Gasteiger partial charge in [-0.2, -0.15) is 0 Å². The molecule has 0 radical (unpaired) electrons. The van der Waals surface area contributed by atoms with E-state index in [0.29, 0.717) is 17.5 Å². The maximum atomic E-state index is 12.4. The summed E-state index contributed by atoms with van der Waals surface area (Å²) in [7, 11) is 0. The first kappa shape index (κ1) is 11.5. The van der Waals surface area contributed by atoms with E-state index in [1.165, 1.54) is 0 Å². The lowest BCUT2D eigenvalue weighted by Gasteiger charge is -2.27. The van der Waals surface area contributed by atoms with Crippen molar-refractivity contribution in [2.24, 2.45) is 11.8 Å². The van der Waals surface area contributed by atoms with E-state index in [0.717, 1.165) is 4.90 Å². The highest BCUT2D eigenvalue weighted by Crippen LogP contribution is 2.49. The number of nitrogens with zero attached hydrogens (tertiary/aromatic N) is 1. The summed E-state index contributed by atoms with van der Waals surface area (Å²) < 4.78 is 0. The lowest BCUT2D eigenvalue weighted by Crippen LogP contribution is -2.49. The van der Waals surface area contributed by atoms with Gasteiger partial charge < -0.3 is 0 Å². The van der Waals surface area contributed by atoms with Crippen LogP contribution in [0.3, 0.4) is 0 Å². The van der Waals surface area contributed by atoms with Crippen molar-refractivity contribution in [2.45, 2.75) is 18.9 Å². The third-order valence-corrected chi connectivity index (χ3v) is 4.44. The van der Waals surface area contributed by atoms with Gasteiger partial charge in [-0.3, -0.25) is 24.1 Å². The molecule has 2 fully saturated rings. The number of ketones is 2. The van der Waals surface area contributed by atoms with Crippen molar-refractivity contribution in [1.29, 1.82) is 0 Å². The number of imide groups is 1. The van der Waals surface area contributed by atoms with E-state index in [-0.39, 0.29) is 29.8 Å². The van der Waals surface area contributed by atoms with Crippen LogP contribution in [0.2, 0.25) is 0 Å². The molecule has 0 saturated heterocycles. The third-order valence-electron chi connectivity index (χ3n) is 4.44. The number of Topliss-reactive ketones (excluding diaryl/α,β-unsaturated/α-hetero) is 2. The molecule has 0 N–H and O–H groups in total. The van der Waals surface area contributed by atoms with Crippen LogP contribution >= 0.6 is 0 Å². The van der Waals surface area contributed by atoms with Crippen LogP contribution in [-0.4, -0.2) is 34.3 Å². The second-order valence-corrected chi connectivity index (χ2v) is 5.59. The first-order valence-corrected chi connectivity index (χ1v) is 6.62. The zero-order valence-electron chi connectivity index (χ0n) is 10.5. The van der Waals surface area contributed by atoms with Gasteiger partial charge in [-0.25, -0.2) is 0 Å². The summed E-state index contributed by atoms with van der Waals surface area (Å²) in [6.07, 6.45) is 0.460. The largest absolute Gasteiger partial charge is 0.299 e. The fourth-order valence-corrected chi connectivity index (χ4v) is 3.38. The summed E-state index contributed by atoms with van der Waals surface area (Å²) in [5, 5.41) is 0. The molecule has 100 valence electrons. The van der Waals surface area contributed by atoms with Crippen molar-refractivity contribution in [3.63, 3.8) is 0 Å². The maximum Gasteiger partial charge on any atom is 0.262 e. The Morgan fingerprint density at radius 3 is 2.10 bits per heavy atom. The van der Waals surface area contributed by atoms with E-state index in [2.05, 4.69) is 0 Å². The van der Waals surface area contributed by atoms with E-state index < -0.39 is 17.9 Å². The second-order valence-electron chi connectivity index (χ2n) is 5.59. The molecule has 1 aromatic rings. The van der Waals surface area contributed by atoms with Gasteiger partial charge in [0.15, 0.2) is 5.78 Å². The lowest BCUT2D eigenvalue weighted by molar-refractivity contribution is -0.133. The lowest BCUT2D eigenvalue weighted by atomic mass is 9.92. The average Bonchev–Trinajstić information content (AvgIpc) is 3.18. The number of amides is 2. The van der Waals surface area contributed by atoms with Crippen LogP contribution < -0.4 is 0 Å². The van der Waals surface area contributed by atoms with Crippen molar-refractivity contribution in [2.75, 3.05) is 0 Å². The number of hydrogen-bond donors (Lipinski definition) is 0. The van der Waals surface area contributed by atoms with Crippen molar-refractivity contribution in [1.82, 2.24) is 4.90 Å². The summed E-state index contributed by atoms with van der Waals surface area (Å²) >= 11 is 0. The molecule has 1 aromatic carbocycles. The van der Waals surface area contributed by atoms with Gasteiger partial charge in [0.2, 0.25) is 0 Å². The van der Waals surface area contributed by atoms with E-state index in [1.54, 1.807) is 24.3 Å². The molecule has 2 saturated carbocycles. The minimum Gasteiger partial charge on any atom is -0.299 e. The first-order valence-electron chi connectivity index (χ1n) is 6.62. The molecule has 1 aliphatic heterocycles. The fourth-order valence-electron chi connectivity index (χ4n) is 3.38. The predicted molar refractivity (Wildman–Crippen MR) is 67.0 cm³/mol. The molecular formula is C15H11NO4. The Bertz CT molecular complexity index is 658. The Kier molecular flexibility index (Phi) is 2.09. The quantitative estimate of drug-likeness (QED) is 0.559. The van der Waals surface area contributed by atoms with E-state index in [4.69, 9.17) is 0 Å². The first-order chi connectivity index (χ1) is 9.59. The second kappa shape index (κ2) is 3.62. The summed E-state index contributed by atoms with van der Waals surface area (Å²) in [5.74, 6) is -1.48. The molecule has 4 rings (SSSR count). The number of carbonyl (C=O) groups is 4. The highest BCUT2D eigenvalue weighted by molar-refractivity contribution is 6.24. The molecule has 2 aliphatic carbocycles. The number of carbonyl (C=O) groups excluding carboxylic acids is 4. The van der Waals surface area contributed by atoms with Crippen molar-refractivity contribution in [3.05, 3.63) is 35.4 Å². The highest BCUT2D eigenvalue weighted by atomic mass is 16.2. The molecule has 3 atom stereocenters. The van der Waals surface area contributed by atoms with Gasteiger partial charge >= 0.3 is 0 Å². The van der Waals surface area contributed by atoms with E-state index >= 15 is 0 Å².